The number of carbonyl (C=O) groups excluding carboxylic acids is 1. The fourth-order valence-corrected chi connectivity index (χ4v) is 2.34. The Morgan fingerprint density at radius 2 is 1.82 bits per heavy atom. The average molecular weight is 241 g/mol. The normalized spacial score (nSPS) is 24.7. The number of nitrogens with zero attached hydrogens (tertiary/aromatic N) is 1. The Labute approximate surface area is 103 Å². The molecule has 0 saturated heterocycles. The summed E-state index contributed by atoms with van der Waals surface area (Å²) in [5.74, 6) is -1.66. The molecule has 17 heavy (non-hydrogen) atoms. The largest absolute Gasteiger partial charge is 0.481 e. The van der Waals surface area contributed by atoms with Gasteiger partial charge < -0.3 is 10.0 Å². The minimum atomic E-state index is -0.830. The number of aliphatic carboxylic acids is 1. The Balaban J connectivity index is 2.79. The van der Waals surface area contributed by atoms with Gasteiger partial charge in [-0.2, -0.15) is 0 Å². The first-order chi connectivity index (χ1) is 7.81. The molecule has 0 unspecified atom stereocenters. The maximum absolute atomic E-state index is 12.3. The lowest BCUT2D eigenvalue weighted by molar-refractivity contribution is -0.150. The molecule has 0 radical (unpaired) electrons. The summed E-state index contributed by atoms with van der Waals surface area (Å²) in [6.07, 6.45) is 3.04. The number of hydrogen-bond acceptors (Lipinski definition) is 2. The third kappa shape index (κ3) is 2.79. The van der Waals surface area contributed by atoms with Crippen LogP contribution in [-0.2, 0) is 9.59 Å². The molecular weight excluding hydrogens is 218 g/mol. The van der Waals surface area contributed by atoms with Gasteiger partial charge >= 0.3 is 5.97 Å². The summed E-state index contributed by atoms with van der Waals surface area (Å²) >= 11 is 0. The molecule has 2 atom stereocenters. The molecule has 98 valence electrons. The third-order valence-electron chi connectivity index (χ3n) is 4.25. The molecule has 0 aromatic heterocycles. The summed E-state index contributed by atoms with van der Waals surface area (Å²) in [5, 5.41) is 9.10. The molecule has 0 aromatic carbocycles. The van der Waals surface area contributed by atoms with E-state index in [4.69, 9.17) is 5.11 Å². The molecule has 1 aliphatic rings. The summed E-state index contributed by atoms with van der Waals surface area (Å²) in [4.78, 5) is 25.1. The highest BCUT2D eigenvalue weighted by Crippen LogP contribution is 2.34. The fraction of sp³-hybridized carbons (Fsp3) is 0.846. The third-order valence-corrected chi connectivity index (χ3v) is 4.25. The molecule has 1 N–H and O–H groups in total. The van der Waals surface area contributed by atoms with Gasteiger partial charge in [0, 0.05) is 12.6 Å². The fourth-order valence-electron chi connectivity index (χ4n) is 2.34. The van der Waals surface area contributed by atoms with Crippen LogP contribution in [0, 0.1) is 11.8 Å². The van der Waals surface area contributed by atoms with E-state index in [0.29, 0.717) is 12.8 Å². The van der Waals surface area contributed by atoms with Gasteiger partial charge in [-0.1, -0.05) is 13.3 Å². The van der Waals surface area contributed by atoms with Crippen LogP contribution in [0.3, 0.4) is 0 Å². The molecule has 0 spiro atoms. The zero-order valence-corrected chi connectivity index (χ0v) is 11.2. The SMILES string of the molecule is CCC(C)(C)N(C)C(=O)[C@@H]1CCC[C@@H]1C(=O)O. The molecule has 1 amide bonds. The first-order valence-corrected chi connectivity index (χ1v) is 6.31. The second kappa shape index (κ2) is 5.07. The molecule has 0 aliphatic heterocycles. The van der Waals surface area contributed by atoms with Crippen molar-refractivity contribution in [3.63, 3.8) is 0 Å². The zero-order chi connectivity index (χ0) is 13.2. The maximum Gasteiger partial charge on any atom is 0.307 e. The van der Waals surface area contributed by atoms with E-state index in [1.165, 1.54) is 0 Å². The number of amides is 1. The maximum atomic E-state index is 12.3. The van der Waals surface area contributed by atoms with Crippen molar-refractivity contribution in [3.8, 4) is 0 Å². The molecule has 1 fully saturated rings. The Morgan fingerprint density at radius 1 is 1.29 bits per heavy atom. The number of carboxylic acid groups (broad SMARTS) is 1. The second-order valence-electron chi connectivity index (χ2n) is 5.55. The smallest absolute Gasteiger partial charge is 0.307 e. The first-order valence-electron chi connectivity index (χ1n) is 6.31. The standard InChI is InChI=1S/C13H23NO3/c1-5-13(2,3)14(4)11(15)9-7-6-8-10(9)12(16)17/h9-10H,5-8H2,1-4H3,(H,16,17)/t9-,10+/m1/s1. The lowest BCUT2D eigenvalue weighted by Gasteiger charge is -2.37. The van der Waals surface area contributed by atoms with Gasteiger partial charge in [0.1, 0.15) is 0 Å². The van der Waals surface area contributed by atoms with Crippen LogP contribution < -0.4 is 0 Å². The monoisotopic (exact) mass is 241 g/mol. The van der Waals surface area contributed by atoms with Crippen LogP contribution in [0.4, 0.5) is 0 Å². The van der Waals surface area contributed by atoms with E-state index in [1.807, 2.05) is 20.8 Å². The molecule has 4 nitrogen and oxygen atoms in total. The van der Waals surface area contributed by atoms with E-state index in [2.05, 4.69) is 0 Å². The van der Waals surface area contributed by atoms with E-state index in [0.717, 1.165) is 12.8 Å². The van der Waals surface area contributed by atoms with Crippen molar-refractivity contribution in [2.24, 2.45) is 11.8 Å². The lowest BCUT2D eigenvalue weighted by Crippen LogP contribution is -2.48. The second-order valence-corrected chi connectivity index (χ2v) is 5.55. The molecule has 1 saturated carbocycles. The molecule has 4 heteroatoms. The van der Waals surface area contributed by atoms with Gasteiger partial charge in [0.2, 0.25) is 5.91 Å². The summed E-state index contributed by atoms with van der Waals surface area (Å²) in [6, 6.07) is 0. The predicted octanol–water partition coefficient (Wildman–Crippen LogP) is 2.13. The quantitative estimate of drug-likeness (QED) is 0.820. The average Bonchev–Trinajstić information content (AvgIpc) is 2.75. The molecule has 0 aromatic rings. The van der Waals surface area contributed by atoms with Crippen LogP contribution >= 0.6 is 0 Å². The lowest BCUT2D eigenvalue weighted by atomic mass is 9.91. The zero-order valence-electron chi connectivity index (χ0n) is 11.2. The van der Waals surface area contributed by atoms with Crippen LogP contribution in [0.25, 0.3) is 0 Å². The van der Waals surface area contributed by atoms with Gasteiger partial charge in [-0.15, -0.1) is 0 Å². The van der Waals surface area contributed by atoms with Crippen molar-refractivity contribution in [1.82, 2.24) is 4.90 Å². The highest BCUT2D eigenvalue weighted by Gasteiger charge is 2.41. The molecule has 0 heterocycles. The Morgan fingerprint density at radius 3 is 2.29 bits per heavy atom. The summed E-state index contributed by atoms with van der Waals surface area (Å²) in [5.41, 5.74) is -0.206. The van der Waals surface area contributed by atoms with E-state index in [-0.39, 0.29) is 17.4 Å². The van der Waals surface area contributed by atoms with Gasteiger partial charge in [0.15, 0.2) is 0 Å². The first kappa shape index (κ1) is 14.0. The van der Waals surface area contributed by atoms with Crippen LogP contribution in [0.5, 0.6) is 0 Å². The highest BCUT2D eigenvalue weighted by molar-refractivity contribution is 5.85. The van der Waals surface area contributed by atoms with Crippen molar-refractivity contribution >= 4 is 11.9 Å². The Kier molecular flexibility index (Phi) is 4.17. The van der Waals surface area contributed by atoms with E-state index in [1.54, 1.807) is 11.9 Å². The van der Waals surface area contributed by atoms with Crippen LogP contribution in [0.15, 0.2) is 0 Å². The van der Waals surface area contributed by atoms with E-state index in [9.17, 15) is 9.59 Å². The molecular formula is C13H23NO3. The number of carbonyl (C=O) groups is 2. The van der Waals surface area contributed by atoms with Crippen molar-refractivity contribution in [2.75, 3.05) is 7.05 Å². The van der Waals surface area contributed by atoms with Crippen molar-refractivity contribution in [3.05, 3.63) is 0 Å². The van der Waals surface area contributed by atoms with Gasteiger partial charge in [-0.3, -0.25) is 9.59 Å². The van der Waals surface area contributed by atoms with Crippen LogP contribution in [0.2, 0.25) is 0 Å². The number of rotatable bonds is 4. The van der Waals surface area contributed by atoms with Gasteiger partial charge in [0.25, 0.3) is 0 Å². The van der Waals surface area contributed by atoms with Gasteiger partial charge in [0.05, 0.1) is 11.8 Å². The Hall–Kier alpha value is -1.06. The Bertz CT molecular complexity index is 312. The van der Waals surface area contributed by atoms with Gasteiger partial charge in [-0.05, 0) is 33.1 Å². The minimum Gasteiger partial charge on any atom is -0.481 e. The van der Waals surface area contributed by atoms with Crippen molar-refractivity contribution in [1.29, 1.82) is 0 Å². The molecule has 1 aliphatic carbocycles. The highest BCUT2D eigenvalue weighted by atomic mass is 16.4. The number of carboxylic acids is 1. The van der Waals surface area contributed by atoms with Crippen molar-refractivity contribution in [2.45, 2.75) is 52.0 Å². The molecule has 0 bridgehead atoms. The summed E-state index contributed by atoms with van der Waals surface area (Å²) in [7, 11) is 1.78. The summed E-state index contributed by atoms with van der Waals surface area (Å²) in [6.45, 7) is 6.05. The topological polar surface area (TPSA) is 57.6 Å². The van der Waals surface area contributed by atoms with Gasteiger partial charge in [-0.25, -0.2) is 0 Å². The predicted molar refractivity (Wildman–Crippen MR) is 65.6 cm³/mol. The molecule has 1 rings (SSSR count). The summed E-state index contributed by atoms with van der Waals surface area (Å²) < 4.78 is 0. The minimum absolute atomic E-state index is 0.0123. The number of hydrogen-bond donors (Lipinski definition) is 1. The van der Waals surface area contributed by atoms with Crippen LogP contribution in [0.1, 0.15) is 46.5 Å². The van der Waals surface area contributed by atoms with Crippen molar-refractivity contribution < 1.29 is 14.7 Å². The van der Waals surface area contributed by atoms with E-state index < -0.39 is 11.9 Å². The van der Waals surface area contributed by atoms with Crippen LogP contribution in [-0.4, -0.2) is 34.5 Å². The van der Waals surface area contributed by atoms with E-state index >= 15 is 0 Å².